The van der Waals surface area contributed by atoms with Gasteiger partial charge in [-0.1, -0.05) is 64.4 Å². The van der Waals surface area contributed by atoms with Crippen molar-refractivity contribution in [2.75, 3.05) is 5.73 Å². The highest BCUT2D eigenvalue weighted by atomic mass is 15.1. The van der Waals surface area contributed by atoms with Gasteiger partial charge in [0.05, 0.1) is 12.2 Å². The van der Waals surface area contributed by atoms with Crippen LogP contribution in [0.2, 0.25) is 0 Å². The molecule has 0 aliphatic heterocycles. The summed E-state index contributed by atoms with van der Waals surface area (Å²) < 4.78 is 2.18. The number of nitrogens with zero attached hydrogens (tertiary/aromatic N) is 2. The van der Waals surface area contributed by atoms with Gasteiger partial charge in [-0.25, -0.2) is 4.98 Å². The number of aromatic nitrogens is 2. The van der Waals surface area contributed by atoms with Gasteiger partial charge in [0.15, 0.2) is 0 Å². The molecule has 114 valence electrons. The van der Waals surface area contributed by atoms with Crippen LogP contribution in [0.3, 0.4) is 0 Å². The summed E-state index contributed by atoms with van der Waals surface area (Å²) in [6.07, 6.45) is 2.28. The summed E-state index contributed by atoms with van der Waals surface area (Å²) in [6, 6.07) is 10.5. The Morgan fingerprint density at radius 3 is 2.38 bits per heavy atom. The van der Waals surface area contributed by atoms with Gasteiger partial charge in [0.1, 0.15) is 11.6 Å². The smallest absolute Gasteiger partial charge is 0.127 e. The van der Waals surface area contributed by atoms with Gasteiger partial charge in [-0.15, -0.1) is 0 Å². The lowest BCUT2D eigenvalue weighted by Crippen LogP contribution is -2.10. The molecule has 1 heterocycles. The predicted molar refractivity (Wildman–Crippen MR) is 89.6 cm³/mol. The van der Waals surface area contributed by atoms with Gasteiger partial charge in [0.25, 0.3) is 0 Å². The van der Waals surface area contributed by atoms with E-state index in [4.69, 9.17) is 10.7 Å². The molecule has 0 spiro atoms. The maximum Gasteiger partial charge on any atom is 0.127 e. The molecule has 0 amide bonds. The quantitative estimate of drug-likeness (QED) is 0.846. The first-order chi connectivity index (χ1) is 10.0. The molecule has 0 bridgehead atoms. The van der Waals surface area contributed by atoms with Gasteiger partial charge in [-0.3, -0.25) is 0 Å². The van der Waals surface area contributed by atoms with Crippen molar-refractivity contribution >= 4 is 5.82 Å². The molecular formula is C18H27N3. The van der Waals surface area contributed by atoms with Crippen LogP contribution in [0.5, 0.6) is 0 Å². The van der Waals surface area contributed by atoms with Gasteiger partial charge in [-0.05, 0) is 12.0 Å². The molecule has 2 N–H and O–H groups in total. The number of rotatable bonds is 6. The van der Waals surface area contributed by atoms with Crippen LogP contribution in [0.4, 0.5) is 5.82 Å². The zero-order chi connectivity index (χ0) is 15.4. The van der Waals surface area contributed by atoms with Crippen molar-refractivity contribution < 1.29 is 0 Å². The van der Waals surface area contributed by atoms with Gasteiger partial charge < -0.3 is 10.3 Å². The second-order valence-corrected chi connectivity index (χ2v) is 6.16. The minimum absolute atomic E-state index is 0.374. The molecule has 0 radical (unpaired) electrons. The highest BCUT2D eigenvalue weighted by molar-refractivity contribution is 5.42. The Kier molecular flexibility index (Phi) is 5.05. The third-order valence-corrected chi connectivity index (χ3v) is 3.95. The lowest BCUT2D eigenvalue weighted by molar-refractivity contribution is 0.646. The van der Waals surface area contributed by atoms with E-state index in [1.165, 1.54) is 5.56 Å². The highest BCUT2D eigenvalue weighted by Crippen LogP contribution is 2.29. The summed E-state index contributed by atoms with van der Waals surface area (Å²) in [4.78, 5) is 4.86. The van der Waals surface area contributed by atoms with Gasteiger partial charge in [0, 0.05) is 11.8 Å². The molecule has 0 saturated heterocycles. The average molecular weight is 285 g/mol. The normalized spacial score (nSPS) is 12.8. The van der Waals surface area contributed by atoms with Gasteiger partial charge in [0.2, 0.25) is 0 Å². The summed E-state index contributed by atoms with van der Waals surface area (Å²) >= 11 is 0. The minimum Gasteiger partial charge on any atom is -0.384 e. The van der Waals surface area contributed by atoms with Crippen molar-refractivity contribution in [1.82, 2.24) is 9.55 Å². The summed E-state index contributed by atoms with van der Waals surface area (Å²) in [7, 11) is 0. The molecule has 2 aromatic rings. The number of benzene rings is 1. The number of anilines is 1. The Morgan fingerprint density at radius 1 is 1.14 bits per heavy atom. The van der Waals surface area contributed by atoms with Gasteiger partial charge >= 0.3 is 0 Å². The number of hydrogen-bond donors (Lipinski definition) is 1. The van der Waals surface area contributed by atoms with E-state index in [-0.39, 0.29) is 0 Å². The molecule has 3 heteroatoms. The first-order valence-corrected chi connectivity index (χ1v) is 7.94. The number of nitrogen functional groups attached to an aromatic ring is 1. The summed E-state index contributed by atoms with van der Waals surface area (Å²) in [5.74, 6) is 2.72. The molecule has 0 aliphatic rings. The molecular weight excluding hydrogens is 258 g/mol. The molecule has 0 fully saturated rings. The Bertz CT molecular complexity index is 570. The Labute approximate surface area is 128 Å². The molecule has 1 unspecified atom stereocenters. The molecule has 3 nitrogen and oxygen atoms in total. The first kappa shape index (κ1) is 15.6. The first-order valence-electron chi connectivity index (χ1n) is 7.94. The number of imidazole rings is 1. The molecule has 2 rings (SSSR count). The average Bonchev–Trinajstić information content (AvgIpc) is 2.78. The van der Waals surface area contributed by atoms with Crippen molar-refractivity contribution in [2.45, 2.75) is 58.9 Å². The predicted octanol–water partition coefficient (Wildman–Crippen LogP) is 4.54. The van der Waals surface area contributed by atoms with Crippen LogP contribution in [-0.4, -0.2) is 9.55 Å². The van der Waals surface area contributed by atoms with E-state index in [1.54, 1.807) is 0 Å². The largest absolute Gasteiger partial charge is 0.384 e. The Balaban J connectivity index is 2.38. The van der Waals surface area contributed by atoms with E-state index in [0.717, 1.165) is 36.7 Å². The van der Waals surface area contributed by atoms with E-state index in [9.17, 15) is 0 Å². The van der Waals surface area contributed by atoms with E-state index in [0.29, 0.717) is 11.8 Å². The second kappa shape index (κ2) is 6.79. The van der Waals surface area contributed by atoms with Crippen molar-refractivity contribution in [3.63, 3.8) is 0 Å². The van der Waals surface area contributed by atoms with Crippen LogP contribution in [0, 0.1) is 0 Å². The molecule has 1 atom stereocenters. The third kappa shape index (κ3) is 3.46. The van der Waals surface area contributed by atoms with E-state index in [1.807, 2.05) is 6.07 Å². The lowest BCUT2D eigenvalue weighted by Gasteiger charge is -2.12. The van der Waals surface area contributed by atoms with E-state index in [2.05, 4.69) is 56.5 Å². The Morgan fingerprint density at radius 2 is 1.81 bits per heavy atom. The van der Waals surface area contributed by atoms with Gasteiger partial charge in [-0.2, -0.15) is 0 Å². The zero-order valence-electron chi connectivity index (χ0n) is 13.6. The maximum absolute atomic E-state index is 6.42. The van der Waals surface area contributed by atoms with Crippen molar-refractivity contribution in [2.24, 2.45) is 0 Å². The maximum atomic E-state index is 6.42. The van der Waals surface area contributed by atoms with Crippen LogP contribution in [0.25, 0.3) is 0 Å². The van der Waals surface area contributed by atoms with Crippen molar-refractivity contribution in [1.29, 1.82) is 0 Å². The molecule has 0 saturated carbocycles. The van der Waals surface area contributed by atoms with E-state index >= 15 is 0 Å². The summed E-state index contributed by atoms with van der Waals surface area (Å²) in [6.45, 7) is 9.58. The number of nitrogens with two attached hydrogens (primary N) is 1. The fraction of sp³-hybridized carbons (Fsp3) is 0.500. The molecule has 21 heavy (non-hydrogen) atoms. The fourth-order valence-electron chi connectivity index (χ4n) is 2.81. The standard InChI is InChI=1S/C18H27N3/c1-5-9-14(4)16-17(19)21(18(20-16)13(2)3)12-15-10-7-6-8-11-15/h6-8,10-11,13-14H,5,9,12,19H2,1-4H3. The van der Waals surface area contributed by atoms with Crippen molar-refractivity contribution in [3.8, 4) is 0 Å². The van der Waals surface area contributed by atoms with Crippen LogP contribution < -0.4 is 5.73 Å². The van der Waals surface area contributed by atoms with Crippen LogP contribution in [0.1, 0.15) is 69.5 Å². The zero-order valence-corrected chi connectivity index (χ0v) is 13.6. The monoisotopic (exact) mass is 285 g/mol. The Hall–Kier alpha value is -1.77. The fourth-order valence-corrected chi connectivity index (χ4v) is 2.81. The second-order valence-electron chi connectivity index (χ2n) is 6.16. The van der Waals surface area contributed by atoms with Crippen LogP contribution in [0.15, 0.2) is 30.3 Å². The lowest BCUT2D eigenvalue weighted by atomic mass is 10.0. The minimum atomic E-state index is 0.374. The summed E-state index contributed by atoms with van der Waals surface area (Å²) in [5, 5.41) is 0. The molecule has 1 aromatic carbocycles. The van der Waals surface area contributed by atoms with Crippen LogP contribution in [-0.2, 0) is 6.54 Å². The number of hydrogen-bond acceptors (Lipinski definition) is 2. The topological polar surface area (TPSA) is 43.8 Å². The van der Waals surface area contributed by atoms with Crippen LogP contribution >= 0.6 is 0 Å². The third-order valence-electron chi connectivity index (χ3n) is 3.95. The molecule has 1 aromatic heterocycles. The SMILES string of the molecule is CCCC(C)c1nc(C(C)C)n(Cc2ccccc2)c1N. The summed E-state index contributed by atoms with van der Waals surface area (Å²) in [5.41, 5.74) is 8.75. The highest BCUT2D eigenvalue weighted by Gasteiger charge is 2.20. The van der Waals surface area contributed by atoms with Crippen molar-refractivity contribution in [3.05, 3.63) is 47.4 Å². The van der Waals surface area contributed by atoms with E-state index < -0.39 is 0 Å². The molecule has 0 aliphatic carbocycles.